The maximum atomic E-state index is 4.70. The van der Waals surface area contributed by atoms with Crippen molar-refractivity contribution < 1.29 is 0 Å². The molecule has 1 N–H and O–H groups in total. The molecule has 0 aromatic carbocycles. The predicted octanol–water partition coefficient (Wildman–Crippen LogP) is 2.38. The van der Waals surface area contributed by atoms with Gasteiger partial charge < -0.3 is 5.32 Å². The van der Waals surface area contributed by atoms with Crippen LogP contribution >= 0.6 is 11.3 Å². The summed E-state index contributed by atoms with van der Waals surface area (Å²) in [4.78, 5) is 6.17. The molecule has 0 atom stereocenters. The Balaban J connectivity index is 2.01. The monoisotopic (exact) mass is 210 g/mol. The smallest absolute Gasteiger partial charge is 0.0931 e. The number of aromatic nitrogens is 1. The maximum absolute atomic E-state index is 4.70. The van der Waals surface area contributed by atoms with Gasteiger partial charge in [-0.2, -0.15) is 0 Å². The van der Waals surface area contributed by atoms with Crippen molar-refractivity contribution in [2.45, 2.75) is 39.7 Å². The summed E-state index contributed by atoms with van der Waals surface area (Å²) in [6, 6.07) is 0. The second-order valence-corrected chi connectivity index (χ2v) is 5.50. The maximum Gasteiger partial charge on any atom is 0.0931 e. The third-order valence-corrected chi connectivity index (χ3v) is 3.74. The first kappa shape index (κ1) is 10.1. The van der Waals surface area contributed by atoms with Gasteiger partial charge in [0, 0.05) is 24.4 Å². The highest BCUT2D eigenvalue weighted by molar-refractivity contribution is 7.11. The van der Waals surface area contributed by atoms with Crippen LogP contribution < -0.4 is 5.32 Å². The number of nitrogens with one attached hydrogen (secondary N) is 1. The molecule has 0 bridgehead atoms. The normalized spacial score (nSPS) is 15.9. The molecule has 14 heavy (non-hydrogen) atoms. The lowest BCUT2D eigenvalue weighted by atomic mass is 10.1. The lowest BCUT2D eigenvalue weighted by molar-refractivity contribution is 0.584. The molecule has 0 amide bonds. The van der Waals surface area contributed by atoms with Gasteiger partial charge in [0.05, 0.1) is 10.7 Å². The van der Waals surface area contributed by atoms with Crippen LogP contribution in [-0.4, -0.2) is 11.5 Å². The highest BCUT2D eigenvalue weighted by atomic mass is 32.1. The zero-order chi connectivity index (χ0) is 9.97. The molecule has 1 aromatic heterocycles. The molecule has 0 saturated heterocycles. The Morgan fingerprint density at radius 2 is 2.36 bits per heavy atom. The summed E-state index contributed by atoms with van der Waals surface area (Å²) in [5.74, 6) is 0.786. The van der Waals surface area contributed by atoms with Crippen LogP contribution in [0.4, 0.5) is 0 Å². The van der Waals surface area contributed by atoms with E-state index in [0.29, 0.717) is 0 Å². The Labute approximate surface area is 89.8 Å². The summed E-state index contributed by atoms with van der Waals surface area (Å²) in [7, 11) is 0. The average Bonchev–Trinajstić information content (AvgIpc) is 2.57. The minimum atomic E-state index is 0.786. The van der Waals surface area contributed by atoms with Gasteiger partial charge in [-0.15, -0.1) is 11.3 Å². The van der Waals surface area contributed by atoms with E-state index in [4.69, 9.17) is 4.98 Å². The van der Waals surface area contributed by atoms with Gasteiger partial charge in [0.15, 0.2) is 0 Å². The molecule has 2 nitrogen and oxygen atoms in total. The SMILES string of the molecule is CC(C)CCc1nc2c(s1)CNCC2. The molecular formula is C11H18N2S. The second-order valence-electron chi connectivity index (χ2n) is 4.34. The zero-order valence-electron chi connectivity index (χ0n) is 8.97. The van der Waals surface area contributed by atoms with Crippen LogP contribution in [0.1, 0.15) is 35.8 Å². The zero-order valence-corrected chi connectivity index (χ0v) is 9.78. The lowest BCUT2D eigenvalue weighted by Crippen LogP contribution is -2.22. The fourth-order valence-corrected chi connectivity index (χ4v) is 2.80. The highest BCUT2D eigenvalue weighted by Crippen LogP contribution is 2.23. The molecule has 0 spiro atoms. The van der Waals surface area contributed by atoms with Gasteiger partial charge in [0.25, 0.3) is 0 Å². The topological polar surface area (TPSA) is 24.9 Å². The molecule has 3 heteroatoms. The number of rotatable bonds is 3. The van der Waals surface area contributed by atoms with Crippen LogP contribution in [0.25, 0.3) is 0 Å². The van der Waals surface area contributed by atoms with E-state index < -0.39 is 0 Å². The highest BCUT2D eigenvalue weighted by Gasteiger charge is 2.14. The Morgan fingerprint density at radius 1 is 1.50 bits per heavy atom. The lowest BCUT2D eigenvalue weighted by Gasteiger charge is -2.09. The van der Waals surface area contributed by atoms with Crippen LogP contribution in [0.2, 0.25) is 0 Å². The summed E-state index contributed by atoms with van der Waals surface area (Å²) in [6.45, 7) is 6.68. The predicted molar refractivity (Wildman–Crippen MR) is 60.7 cm³/mol. The molecule has 0 fully saturated rings. The Hall–Kier alpha value is -0.410. The van der Waals surface area contributed by atoms with Gasteiger partial charge in [0.2, 0.25) is 0 Å². The van der Waals surface area contributed by atoms with Gasteiger partial charge in [-0.1, -0.05) is 13.8 Å². The number of aryl methyl sites for hydroxylation is 1. The molecule has 0 aliphatic carbocycles. The van der Waals surface area contributed by atoms with Crippen molar-refractivity contribution in [2.75, 3.05) is 6.54 Å². The van der Waals surface area contributed by atoms with Crippen LogP contribution in [0.5, 0.6) is 0 Å². The largest absolute Gasteiger partial charge is 0.311 e. The standard InChI is InChI=1S/C11H18N2S/c1-8(2)3-4-11-13-9-5-6-12-7-10(9)14-11/h8,12H,3-7H2,1-2H3. The van der Waals surface area contributed by atoms with E-state index in [0.717, 1.165) is 31.8 Å². The molecule has 78 valence electrons. The quantitative estimate of drug-likeness (QED) is 0.828. The summed E-state index contributed by atoms with van der Waals surface area (Å²) < 4.78 is 0. The molecule has 0 radical (unpaired) electrons. The number of thiazole rings is 1. The van der Waals surface area contributed by atoms with Crippen molar-refractivity contribution in [2.24, 2.45) is 5.92 Å². The van der Waals surface area contributed by atoms with Crippen LogP contribution in [-0.2, 0) is 19.4 Å². The van der Waals surface area contributed by atoms with Crippen molar-refractivity contribution >= 4 is 11.3 Å². The van der Waals surface area contributed by atoms with Crippen molar-refractivity contribution in [1.82, 2.24) is 10.3 Å². The Bertz CT molecular complexity index is 281. The first-order chi connectivity index (χ1) is 6.75. The number of nitrogens with zero attached hydrogens (tertiary/aromatic N) is 1. The van der Waals surface area contributed by atoms with Crippen molar-refractivity contribution in [1.29, 1.82) is 0 Å². The summed E-state index contributed by atoms with van der Waals surface area (Å²) in [6.07, 6.45) is 3.54. The van der Waals surface area contributed by atoms with Gasteiger partial charge in [-0.25, -0.2) is 4.98 Å². The van der Waals surface area contributed by atoms with E-state index >= 15 is 0 Å². The van der Waals surface area contributed by atoms with Crippen molar-refractivity contribution in [3.63, 3.8) is 0 Å². The van der Waals surface area contributed by atoms with Gasteiger partial charge >= 0.3 is 0 Å². The summed E-state index contributed by atoms with van der Waals surface area (Å²) in [5.41, 5.74) is 1.35. The number of hydrogen-bond acceptors (Lipinski definition) is 3. The van der Waals surface area contributed by atoms with E-state index in [1.54, 1.807) is 0 Å². The molecule has 1 aliphatic rings. The Morgan fingerprint density at radius 3 is 3.07 bits per heavy atom. The molecular weight excluding hydrogens is 192 g/mol. The minimum absolute atomic E-state index is 0.786. The van der Waals surface area contributed by atoms with Crippen LogP contribution in [0.3, 0.4) is 0 Å². The Kier molecular flexibility index (Phi) is 3.19. The second kappa shape index (κ2) is 4.41. The minimum Gasteiger partial charge on any atom is -0.311 e. The third kappa shape index (κ3) is 2.34. The fraction of sp³-hybridized carbons (Fsp3) is 0.727. The number of hydrogen-bond donors (Lipinski definition) is 1. The van der Waals surface area contributed by atoms with Crippen molar-refractivity contribution in [3.8, 4) is 0 Å². The van der Waals surface area contributed by atoms with Gasteiger partial charge in [-0.05, 0) is 18.8 Å². The molecule has 2 heterocycles. The molecule has 1 aliphatic heterocycles. The van der Waals surface area contributed by atoms with E-state index in [2.05, 4.69) is 19.2 Å². The van der Waals surface area contributed by atoms with E-state index in [1.165, 1.54) is 22.0 Å². The molecule has 0 saturated carbocycles. The summed E-state index contributed by atoms with van der Waals surface area (Å²) in [5, 5.41) is 4.73. The third-order valence-electron chi connectivity index (χ3n) is 2.58. The fourth-order valence-electron chi connectivity index (χ4n) is 1.70. The van der Waals surface area contributed by atoms with Gasteiger partial charge in [-0.3, -0.25) is 0 Å². The first-order valence-corrected chi connectivity index (χ1v) is 6.25. The van der Waals surface area contributed by atoms with E-state index in [1.807, 2.05) is 11.3 Å². The van der Waals surface area contributed by atoms with E-state index in [-0.39, 0.29) is 0 Å². The van der Waals surface area contributed by atoms with Crippen molar-refractivity contribution in [3.05, 3.63) is 15.6 Å². The van der Waals surface area contributed by atoms with E-state index in [9.17, 15) is 0 Å². The number of fused-ring (bicyclic) bond motifs is 1. The molecule has 0 unspecified atom stereocenters. The first-order valence-electron chi connectivity index (χ1n) is 5.44. The van der Waals surface area contributed by atoms with Crippen LogP contribution in [0.15, 0.2) is 0 Å². The summed E-state index contributed by atoms with van der Waals surface area (Å²) >= 11 is 1.90. The van der Waals surface area contributed by atoms with Gasteiger partial charge in [0.1, 0.15) is 0 Å². The molecule has 1 aromatic rings. The average molecular weight is 210 g/mol. The molecule has 2 rings (SSSR count). The van der Waals surface area contributed by atoms with Crippen LogP contribution in [0, 0.1) is 5.92 Å².